The van der Waals surface area contributed by atoms with Gasteiger partial charge in [-0.3, -0.25) is 4.79 Å². The van der Waals surface area contributed by atoms with E-state index in [1.165, 1.54) is 25.1 Å². The zero-order chi connectivity index (χ0) is 16.8. The number of fused-ring (bicyclic) bond motifs is 1. The number of alkyl halides is 3. The number of likely N-dealkylation sites (N-methyl/N-ethyl adjacent to an activating group) is 1. The Morgan fingerprint density at radius 2 is 1.74 bits per heavy atom. The zero-order valence-electron chi connectivity index (χ0n) is 12.5. The molecule has 120 valence electrons. The summed E-state index contributed by atoms with van der Waals surface area (Å²) in [7, 11) is 2.83. The number of carbonyl (C=O) groups excluding carboxylic acids is 1. The quantitative estimate of drug-likeness (QED) is 0.846. The molecule has 0 N–H and O–H groups in total. The molecule has 1 atom stereocenters. The van der Waals surface area contributed by atoms with Crippen LogP contribution in [-0.2, 0) is 21.3 Å². The number of hydrogen-bond acceptors (Lipinski definition) is 2. The van der Waals surface area contributed by atoms with Crippen LogP contribution in [0.3, 0.4) is 0 Å². The molecule has 0 saturated heterocycles. The van der Waals surface area contributed by atoms with Crippen LogP contribution in [0, 0.1) is 0 Å². The van der Waals surface area contributed by atoms with E-state index in [1.54, 1.807) is 30.3 Å². The fraction of sp³-hybridized carbons (Fsp3) is 0.235. The molecule has 3 nitrogen and oxygen atoms in total. The highest BCUT2D eigenvalue weighted by molar-refractivity contribution is 6.09. The standard InChI is InChI=1S/C17H14F3NO2/c1-21-14-10-12(17(18,19)20)8-9-13(14)16(23-2,15(21)22)11-6-4-3-5-7-11/h3-10H,1-2H3. The highest BCUT2D eigenvalue weighted by Gasteiger charge is 2.52. The first-order chi connectivity index (χ1) is 10.8. The number of amides is 1. The van der Waals surface area contributed by atoms with Crippen LogP contribution in [0.4, 0.5) is 18.9 Å². The third kappa shape index (κ3) is 2.13. The maximum absolute atomic E-state index is 12.9. The molecular weight excluding hydrogens is 307 g/mol. The summed E-state index contributed by atoms with van der Waals surface area (Å²) in [5.41, 5.74) is -1.02. The SMILES string of the molecule is COC1(c2ccccc2)C(=O)N(C)c2cc(C(F)(F)F)ccc21. The van der Waals surface area contributed by atoms with Gasteiger partial charge < -0.3 is 9.64 Å². The number of ether oxygens (including phenoxy) is 1. The number of carbonyl (C=O) groups is 1. The molecular formula is C17H14F3NO2. The van der Waals surface area contributed by atoms with Gasteiger partial charge in [0.1, 0.15) is 0 Å². The van der Waals surface area contributed by atoms with Crippen LogP contribution >= 0.6 is 0 Å². The first kappa shape index (κ1) is 15.6. The average molecular weight is 321 g/mol. The molecule has 1 aliphatic heterocycles. The molecule has 6 heteroatoms. The van der Waals surface area contributed by atoms with E-state index in [1.807, 2.05) is 0 Å². The maximum Gasteiger partial charge on any atom is 0.416 e. The summed E-state index contributed by atoms with van der Waals surface area (Å²) in [5, 5.41) is 0. The first-order valence-electron chi connectivity index (χ1n) is 6.93. The monoisotopic (exact) mass is 321 g/mol. The summed E-state index contributed by atoms with van der Waals surface area (Å²) >= 11 is 0. The summed E-state index contributed by atoms with van der Waals surface area (Å²) in [5.74, 6) is -0.416. The molecule has 1 unspecified atom stereocenters. The second-order valence-corrected chi connectivity index (χ2v) is 5.35. The number of hydrogen-bond donors (Lipinski definition) is 0. The molecule has 3 rings (SSSR count). The maximum atomic E-state index is 12.9. The highest BCUT2D eigenvalue weighted by atomic mass is 19.4. The normalized spacial score (nSPS) is 20.7. The molecule has 2 aromatic rings. The Morgan fingerprint density at radius 1 is 1.09 bits per heavy atom. The van der Waals surface area contributed by atoms with Gasteiger partial charge in [0, 0.05) is 19.7 Å². The highest BCUT2D eigenvalue weighted by Crippen LogP contribution is 2.47. The van der Waals surface area contributed by atoms with E-state index in [0.29, 0.717) is 11.1 Å². The van der Waals surface area contributed by atoms with E-state index >= 15 is 0 Å². The predicted octanol–water partition coefficient (Wildman–Crippen LogP) is 3.57. The molecule has 1 aliphatic rings. The van der Waals surface area contributed by atoms with Crippen molar-refractivity contribution in [3.63, 3.8) is 0 Å². The fourth-order valence-electron chi connectivity index (χ4n) is 3.01. The third-order valence-electron chi connectivity index (χ3n) is 4.16. The van der Waals surface area contributed by atoms with Gasteiger partial charge in [0.15, 0.2) is 5.60 Å². The van der Waals surface area contributed by atoms with Gasteiger partial charge in [-0.05, 0) is 17.7 Å². The minimum absolute atomic E-state index is 0.204. The van der Waals surface area contributed by atoms with Gasteiger partial charge >= 0.3 is 6.18 Å². The van der Waals surface area contributed by atoms with Crippen molar-refractivity contribution in [3.05, 3.63) is 65.2 Å². The van der Waals surface area contributed by atoms with Crippen LogP contribution in [0.1, 0.15) is 16.7 Å². The van der Waals surface area contributed by atoms with Crippen molar-refractivity contribution in [1.29, 1.82) is 0 Å². The van der Waals surface area contributed by atoms with Crippen LogP contribution in [0.25, 0.3) is 0 Å². The van der Waals surface area contributed by atoms with Gasteiger partial charge in [-0.25, -0.2) is 0 Å². The molecule has 23 heavy (non-hydrogen) atoms. The number of halogens is 3. The van der Waals surface area contributed by atoms with Crippen molar-refractivity contribution in [1.82, 2.24) is 0 Å². The molecule has 0 radical (unpaired) electrons. The van der Waals surface area contributed by atoms with Crippen molar-refractivity contribution < 1.29 is 22.7 Å². The molecule has 1 heterocycles. The van der Waals surface area contributed by atoms with E-state index in [-0.39, 0.29) is 5.69 Å². The van der Waals surface area contributed by atoms with Gasteiger partial charge in [0.05, 0.1) is 11.3 Å². The van der Waals surface area contributed by atoms with E-state index < -0.39 is 23.2 Å². The van der Waals surface area contributed by atoms with Crippen LogP contribution < -0.4 is 4.90 Å². The Bertz CT molecular complexity index is 758. The van der Waals surface area contributed by atoms with Crippen molar-refractivity contribution in [3.8, 4) is 0 Å². The van der Waals surface area contributed by atoms with Crippen molar-refractivity contribution >= 4 is 11.6 Å². The van der Waals surface area contributed by atoms with Crippen LogP contribution in [0.2, 0.25) is 0 Å². The summed E-state index contributed by atoms with van der Waals surface area (Å²) in [6, 6.07) is 12.0. The van der Waals surface area contributed by atoms with E-state index in [9.17, 15) is 18.0 Å². The van der Waals surface area contributed by atoms with E-state index in [0.717, 1.165) is 12.1 Å². The third-order valence-corrected chi connectivity index (χ3v) is 4.16. The van der Waals surface area contributed by atoms with Crippen molar-refractivity contribution in [2.75, 3.05) is 19.1 Å². The topological polar surface area (TPSA) is 29.5 Å². The zero-order valence-corrected chi connectivity index (χ0v) is 12.5. The number of rotatable bonds is 2. The Labute approximate surface area is 131 Å². The molecule has 2 aromatic carbocycles. The Balaban J connectivity index is 2.25. The molecule has 0 saturated carbocycles. The van der Waals surface area contributed by atoms with Gasteiger partial charge in [-0.1, -0.05) is 36.4 Å². The van der Waals surface area contributed by atoms with Crippen molar-refractivity contribution in [2.24, 2.45) is 0 Å². The summed E-state index contributed by atoms with van der Waals surface area (Å²) in [6.45, 7) is 0. The minimum Gasteiger partial charge on any atom is -0.359 e. The first-order valence-corrected chi connectivity index (χ1v) is 6.93. The lowest BCUT2D eigenvalue weighted by Crippen LogP contribution is -2.41. The number of nitrogens with zero attached hydrogens (tertiary/aromatic N) is 1. The largest absolute Gasteiger partial charge is 0.416 e. The Morgan fingerprint density at radius 3 is 2.30 bits per heavy atom. The van der Waals surface area contributed by atoms with E-state index in [4.69, 9.17) is 4.74 Å². The number of anilines is 1. The molecule has 1 amide bonds. The van der Waals surface area contributed by atoms with E-state index in [2.05, 4.69) is 0 Å². The van der Waals surface area contributed by atoms with Crippen LogP contribution in [0.5, 0.6) is 0 Å². The molecule has 0 aliphatic carbocycles. The lowest BCUT2D eigenvalue weighted by atomic mass is 9.87. The summed E-state index contributed by atoms with van der Waals surface area (Å²) < 4.78 is 44.4. The van der Waals surface area contributed by atoms with Crippen LogP contribution in [-0.4, -0.2) is 20.1 Å². The Kier molecular flexibility index (Phi) is 3.44. The van der Waals surface area contributed by atoms with Crippen molar-refractivity contribution in [2.45, 2.75) is 11.8 Å². The number of benzene rings is 2. The lowest BCUT2D eigenvalue weighted by molar-refractivity contribution is -0.137. The average Bonchev–Trinajstić information content (AvgIpc) is 2.76. The number of methoxy groups -OCH3 is 1. The van der Waals surface area contributed by atoms with Gasteiger partial charge in [0.25, 0.3) is 5.91 Å². The lowest BCUT2D eigenvalue weighted by Gasteiger charge is -2.27. The minimum atomic E-state index is -4.47. The predicted molar refractivity (Wildman–Crippen MR) is 79.1 cm³/mol. The molecule has 0 fully saturated rings. The van der Waals surface area contributed by atoms with Gasteiger partial charge in [0.2, 0.25) is 0 Å². The van der Waals surface area contributed by atoms with Gasteiger partial charge in [-0.2, -0.15) is 13.2 Å². The Hall–Kier alpha value is -2.34. The molecule has 0 aromatic heterocycles. The summed E-state index contributed by atoms with van der Waals surface area (Å²) in [4.78, 5) is 14.0. The van der Waals surface area contributed by atoms with Gasteiger partial charge in [-0.15, -0.1) is 0 Å². The molecule has 0 bridgehead atoms. The smallest absolute Gasteiger partial charge is 0.359 e. The molecule has 0 spiro atoms. The second kappa shape index (κ2) is 5.09. The fourth-order valence-corrected chi connectivity index (χ4v) is 3.01. The summed E-state index contributed by atoms with van der Waals surface area (Å²) in [6.07, 6.45) is -4.47. The van der Waals surface area contributed by atoms with Crippen LogP contribution in [0.15, 0.2) is 48.5 Å². The second-order valence-electron chi connectivity index (χ2n) is 5.35.